The fourth-order valence-corrected chi connectivity index (χ4v) is 1.64. The maximum absolute atomic E-state index is 11.3. The van der Waals surface area contributed by atoms with Crippen LogP contribution in [-0.4, -0.2) is 30.9 Å². The Hall–Kier alpha value is -2.37. The third kappa shape index (κ3) is 2.57. The van der Waals surface area contributed by atoms with Crippen molar-refractivity contribution in [2.45, 2.75) is 26.2 Å². The number of aromatic hydroxyl groups is 1. The zero-order valence-corrected chi connectivity index (χ0v) is 11.0. The highest BCUT2D eigenvalue weighted by molar-refractivity contribution is 5.86. The molecule has 0 saturated carbocycles. The van der Waals surface area contributed by atoms with E-state index in [-0.39, 0.29) is 17.0 Å². The normalized spacial score (nSPS) is 11.5. The van der Waals surface area contributed by atoms with Crippen molar-refractivity contribution in [2.75, 3.05) is 0 Å². The maximum Gasteiger partial charge on any atom is 0.354 e. The summed E-state index contributed by atoms with van der Waals surface area (Å²) in [5.41, 5.74) is 0.918. The van der Waals surface area contributed by atoms with Crippen LogP contribution in [0.15, 0.2) is 24.4 Å². The molecule has 2 rings (SSSR count). The first-order valence-electron chi connectivity index (χ1n) is 5.78. The molecule has 2 aromatic heterocycles. The van der Waals surface area contributed by atoms with Gasteiger partial charge in [-0.1, -0.05) is 20.8 Å². The number of carbonyl (C=O) groups is 1. The SMILES string of the molecule is CC(C)(C)c1cc(C(=O)O)n(-c2ccnc(O)c2)n1. The second kappa shape index (κ2) is 4.38. The molecule has 0 saturated heterocycles. The molecule has 0 aromatic carbocycles. The third-order valence-electron chi connectivity index (χ3n) is 2.67. The molecule has 0 bridgehead atoms. The number of hydrogen-bond acceptors (Lipinski definition) is 4. The summed E-state index contributed by atoms with van der Waals surface area (Å²) >= 11 is 0. The number of carboxylic acid groups (broad SMARTS) is 1. The first-order valence-corrected chi connectivity index (χ1v) is 5.78. The van der Waals surface area contributed by atoms with E-state index in [0.717, 1.165) is 0 Å². The van der Waals surface area contributed by atoms with Crippen LogP contribution in [0.1, 0.15) is 37.0 Å². The van der Waals surface area contributed by atoms with Gasteiger partial charge in [0.1, 0.15) is 0 Å². The minimum atomic E-state index is -1.07. The van der Waals surface area contributed by atoms with Crippen LogP contribution in [0.25, 0.3) is 5.69 Å². The Morgan fingerprint density at radius 2 is 2.00 bits per heavy atom. The number of aromatic nitrogens is 3. The number of hydrogen-bond donors (Lipinski definition) is 2. The van der Waals surface area contributed by atoms with Crippen molar-refractivity contribution in [3.63, 3.8) is 0 Å². The van der Waals surface area contributed by atoms with Crippen molar-refractivity contribution in [1.29, 1.82) is 0 Å². The predicted molar refractivity (Wildman–Crippen MR) is 68.7 cm³/mol. The summed E-state index contributed by atoms with van der Waals surface area (Å²) in [5.74, 6) is -1.25. The molecule has 0 amide bonds. The standard InChI is InChI=1S/C13H15N3O3/c1-13(2,3)10-7-9(12(18)19)16(15-10)8-4-5-14-11(17)6-8/h4-7H,1-3H3,(H,14,17)(H,18,19). The first kappa shape index (κ1) is 13.1. The van der Waals surface area contributed by atoms with Crippen molar-refractivity contribution in [2.24, 2.45) is 0 Å². The lowest BCUT2D eigenvalue weighted by molar-refractivity contribution is 0.0687. The van der Waals surface area contributed by atoms with E-state index in [2.05, 4.69) is 10.1 Å². The largest absolute Gasteiger partial charge is 0.493 e. The molecular weight excluding hydrogens is 246 g/mol. The van der Waals surface area contributed by atoms with E-state index in [1.807, 2.05) is 20.8 Å². The number of carboxylic acids is 1. The smallest absolute Gasteiger partial charge is 0.354 e. The van der Waals surface area contributed by atoms with E-state index in [4.69, 9.17) is 0 Å². The molecule has 2 aromatic rings. The summed E-state index contributed by atoms with van der Waals surface area (Å²) < 4.78 is 1.30. The predicted octanol–water partition coefficient (Wildman–Crippen LogP) is 1.97. The Kier molecular flexibility index (Phi) is 3.01. The fraction of sp³-hybridized carbons (Fsp3) is 0.308. The van der Waals surface area contributed by atoms with E-state index in [1.54, 1.807) is 12.1 Å². The fourth-order valence-electron chi connectivity index (χ4n) is 1.64. The van der Waals surface area contributed by atoms with Crippen molar-refractivity contribution in [1.82, 2.24) is 14.8 Å². The van der Waals surface area contributed by atoms with Crippen molar-refractivity contribution >= 4 is 5.97 Å². The second-order valence-electron chi connectivity index (χ2n) is 5.25. The highest BCUT2D eigenvalue weighted by Gasteiger charge is 2.23. The quantitative estimate of drug-likeness (QED) is 0.862. The second-order valence-corrected chi connectivity index (χ2v) is 5.25. The molecule has 0 fully saturated rings. The van der Waals surface area contributed by atoms with Crippen LogP contribution in [0.2, 0.25) is 0 Å². The van der Waals surface area contributed by atoms with Gasteiger partial charge in [0, 0.05) is 17.7 Å². The summed E-state index contributed by atoms with van der Waals surface area (Å²) in [6, 6.07) is 4.50. The topological polar surface area (TPSA) is 88.2 Å². The van der Waals surface area contributed by atoms with Gasteiger partial charge in [-0.05, 0) is 12.1 Å². The van der Waals surface area contributed by atoms with E-state index in [9.17, 15) is 15.0 Å². The van der Waals surface area contributed by atoms with Crippen molar-refractivity contribution in [3.8, 4) is 11.6 Å². The van der Waals surface area contributed by atoms with Gasteiger partial charge in [-0.2, -0.15) is 5.10 Å². The van der Waals surface area contributed by atoms with Crippen LogP contribution < -0.4 is 0 Å². The summed E-state index contributed by atoms with van der Waals surface area (Å²) in [6.45, 7) is 5.86. The van der Waals surface area contributed by atoms with Crippen LogP contribution in [-0.2, 0) is 5.41 Å². The average molecular weight is 261 g/mol. The highest BCUT2D eigenvalue weighted by atomic mass is 16.4. The van der Waals surface area contributed by atoms with Crippen LogP contribution in [0.4, 0.5) is 0 Å². The molecule has 19 heavy (non-hydrogen) atoms. The molecule has 100 valence electrons. The van der Waals surface area contributed by atoms with Crippen LogP contribution in [0, 0.1) is 0 Å². The minimum absolute atomic E-state index is 0.0514. The Morgan fingerprint density at radius 1 is 1.32 bits per heavy atom. The Bertz CT molecular complexity index is 626. The molecule has 6 nitrogen and oxygen atoms in total. The first-order chi connectivity index (χ1) is 8.79. The molecule has 6 heteroatoms. The van der Waals surface area contributed by atoms with Crippen molar-refractivity contribution in [3.05, 3.63) is 35.8 Å². The summed E-state index contributed by atoms with van der Waals surface area (Å²) in [6.07, 6.45) is 1.40. The van der Waals surface area contributed by atoms with E-state index in [0.29, 0.717) is 11.4 Å². The van der Waals surface area contributed by atoms with Gasteiger partial charge in [-0.15, -0.1) is 0 Å². The Morgan fingerprint density at radius 3 is 2.53 bits per heavy atom. The van der Waals surface area contributed by atoms with E-state index in [1.165, 1.54) is 16.9 Å². The zero-order chi connectivity index (χ0) is 14.2. The van der Waals surface area contributed by atoms with Crippen molar-refractivity contribution < 1.29 is 15.0 Å². The van der Waals surface area contributed by atoms with Gasteiger partial charge in [0.25, 0.3) is 0 Å². The molecule has 0 atom stereocenters. The lowest BCUT2D eigenvalue weighted by Gasteiger charge is -2.14. The molecule has 0 aliphatic heterocycles. The molecule has 0 radical (unpaired) electrons. The zero-order valence-electron chi connectivity index (χ0n) is 11.0. The number of rotatable bonds is 2. The summed E-state index contributed by atoms with van der Waals surface area (Å²) in [4.78, 5) is 14.9. The van der Waals surface area contributed by atoms with Gasteiger partial charge in [0.2, 0.25) is 5.88 Å². The third-order valence-corrected chi connectivity index (χ3v) is 2.67. The van der Waals surface area contributed by atoms with Crippen LogP contribution in [0.3, 0.4) is 0 Å². The Labute approximate surface area is 110 Å². The molecule has 0 aliphatic rings. The van der Waals surface area contributed by atoms with Crippen LogP contribution in [0.5, 0.6) is 5.88 Å². The number of nitrogens with zero attached hydrogens (tertiary/aromatic N) is 3. The number of aromatic carboxylic acids is 1. The van der Waals surface area contributed by atoms with Gasteiger partial charge < -0.3 is 10.2 Å². The lowest BCUT2D eigenvalue weighted by Crippen LogP contribution is -2.12. The summed E-state index contributed by atoms with van der Waals surface area (Å²) in [5, 5.41) is 22.9. The molecule has 0 unspecified atom stereocenters. The minimum Gasteiger partial charge on any atom is -0.493 e. The lowest BCUT2D eigenvalue weighted by atomic mass is 9.92. The highest BCUT2D eigenvalue weighted by Crippen LogP contribution is 2.24. The monoisotopic (exact) mass is 261 g/mol. The summed E-state index contributed by atoms with van der Waals surface area (Å²) in [7, 11) is 0. The van der Waals surface area contributed by atoms with Gasteiger partial charge in [0.15, 0.2) is 5.69 Å². The van der Waals surface area contributed by atoms with Gasteiger partial charge in [0.05, 0.1) is 11.4 Å². The molecule has 0 aliphatic carbocycles. The molecule has 2 N–H and O–H groups in total. The van der Waals surface area contributed by atoms with Gasteiger partial charge in [-0.3, -0.25) is 0 Å². The van der Waals surface area contributed by atoms with E-state index >= 15 is 0 Å². The molecule has 0 spiro atoms. The maximum atomic E-state index is 11.3. The van der Waals surface area contributed by atoms with Gasteiger partial charge in [-0.25, -0.2) is 14.5 Å². The van der Waals surface area contributed by atoms with E-state index < -0.39 is 5.97 Å². The Balaban J connectivity index is 2.62. The average Bonchev–Trinajstić information content (AvgIpc) is 2.73. The van der Waals surface area contributed by atoms with Crippen LogP contribution >= 0.6 is 0 Å². The molecular formula is C13H15N3O3. The van der Waals surface area contributed by atoms with Gasteiger partial charge >= 0.3 is 5.97 Å². The molecule has 2 heterocycles. The number of pyridine rings is 1.